The maximum absolute atomic E-state index is 5.91. The Kier molecular flexibility index (Phi) is 6.10. The summed E-state index contributed by atoms with van der Waals surface area (Å²) in [5.41, 5.74) is 7.02. The van der Waals surface area contributed by atoms with Gasteiger partial charge in [0, 0.05) is 10.5 Å². The Morgan fingerprint density at radius 3 is 2.35 bits per heavy atom. The molecular weight excluding hydrogens is 470 g/mol. The van der Waals surface area contributed by atoms with Gasteiger partial charge in [-0.1, -0.05) is 0 Å². The van der Waals surface area contributed by atoms with Gasteiger partial charge in [-0.3, -0.25) is 0 Å². The van der Waals surface area contributed by atoms with Crippen LogP contribution in [0.15, 0.2) is 37.0 Å². The molecule has 0 aliphatic rings. The molecule has 0 saturated heterocycles. The minimum absolute atomic E-state index is 0.141. The third-order valence-electron chi connectivity index (χ3n) is 2.65. The summed E-state index contributed by atoms with van der Waals surface area (Å²) in [6, 6.07) is 6.29. The number of nitrogens with two attached hydrogens (primary N) is 1. The summed E-state index contributed by atoms with van der Waals surface area (Å²) in [6.45, 7) is 2.54. The third kappa shape index (κ3) is 4.31. The van der Waals surface area contributed by atoms with Crippen LogP contribution in [-0.4, -0.2) is 6.04 Å². The molecule has 1 atom stereocenters. The highest BCUT2D eigenvalue weighted by atomic mass is 79.9. The van der Waals surface area contributed by atoms with E-state index >= 15 is 0 Å². The van der Waals surface area contributed by atoms with Crippen LogP contribution >= 0.6 is 59.1 Å². The Morgan fingerprint density at radius 1 is 1.20 bits per heavy atom. The van der Waals surface area contributed by atoms with Crippen LogP contribution in [0.4, 0.5) is 0 Å². The molecule has 0 saturated carbocycles. The molecule has 108 valence electrons. The molecule has 1 heterocycles. The lowest BCUT2D eigenvalue weighted by atomic mass is 10.1. The van der Waals surface area contributed by atoms with E-state index in [0.717, 1.165) is 25.6 Å². The van der Waals surface area contributed by atoms with Gasteiger partial charge in [0.25, 0.3) is 0 Å². The minimum atomic E-state index is 0.141. The summed E-state index contributed by atoms with van der Waals surface area (Å²) < 4.78 is 8.87. The monoisotopic (exact) mass is 481 g/mol. The first-order valence-corrected chi connectivity index (χ1v) is 9.31. The normalized spacial score (nSPS) is 12.4. The smallest absolute Gasteiger partial charge is 0.148 e. The van der Waals surface area contributed by atoms with Crippen LogP contribution in [-0.2, 0) is 13.0 Å². The highest BCUT2D eigenvalue weighted by Crippen LogP contribution is 2.36. The van der Waals surface area contributed by atoms with Crippen molar-refractivity contribution in [3.8, 4) is 5.75 Å². The minimum Gasteiger partial charge on any atom is -0.486 e. The molecule has 1 unspecified atom stereocenters. The summed E-state index contributed by atoms with van der Waals surface area (Å²) in [5, 5.41) is 2.04. The molecule has 2 rings (SSSR count). The maximum Gasteiger partial charge on any atom is 0.148 e. The van der Waals surface area contributed by atoms with E-state index in [4.69, 9.17) is 10.5 Å². The standard InChI is InChI=1S/C14H14Br3NOS/c1-8(18)4-9-5-11(16)14(12(17)6-9)19-7-13-10(15)2-3-20-13/h2-3,5-6,8H,4,7,18H2,1H3. The first-order chi connectivity index (χ1) is 9.47. The van der Waals surface area contributed by atoms with E-state index in [9.17, 15) is 0 Å². The van der Waals surface area contributed by atoms with E-state index in [2.05, 4.69) is 59.9 Å². The molecule has 20 heavy (non-hydrogen) atoms. The number of ether oxygens (including phenoxy) is 1. The van der Waals surface area contributed by atoms with Gasteiger partial charge in [-0.05, 0) is 90.3 Å². The van der Waals surface area contributed by atoms with Crippen LogP contribution in [0.2, 0.25) is 0 Å². The molecule has 0 aliphatic heterocycles. The zero-order chi connectivity index (χ0) is 14.7. The van der Waals surface area contributed by atoms with Gasteiger partial charge in [0.2, 0.25) is 0 Å². The molecular formula is C14H14Br3NOS. The van der Waals surface area contributed by atoms with Crippen molar-refractivity contribution in [1.82, 2.24) is 0 Å². The van der Waals surface area contributed by atoms with E-state index < -0.39 is 0 Å². The maximum atomic E-state index is 5.91. The predicted molar refractivity (Wildman–Crippen MR) is 95.5 cm³/mol. The van der Waals surface area contributed by atoms with Gasteiger partial charge in [-0.25, -0.2) is 0 Å². The largest absolute Gasteiger partial charge is 0.486 e. The van der Waals surface area contributed by atoms with Crippen molar-refractivity contribution in [1.29, 1.82) is 0 Å². The fourth-order valence-electron chi connectivity index (χ4n) is 1.81. The summed E-state index contributed by atoms with van der Waals surface area (Å²) in [5.74, 6) is 0.818. The van der Waals surface area contributed by atoms with Gasteiger partial charge in [0.15, 0.2) is 0 Å². The molecule has 2 aromatic rings. The summed E-state index contributed by atoms with van der Waals surface area (Å²) >= 11 is 12.3. The van der Waals surface area contributed by atoms with Crippen LogP contribution in [0, 0.1) is 0 Å². The van der Waals surface area contributed by atoms with Crippen molar-refractivity contribution < 1.29 is 4.74 Å². The average Bonchev–Trinajstić information content (AvgIpc) is 2.73. The second-order valence-electron chi connectivity index (χ2n) is 4.55. The zero-order valence-electron chi connectivity index (χ0n) is 10.8. The van der Waals surface area contributed by atoms with Crippen molar-refractivity contribution in [2.45, 2.75) is 26.0 Å². The predicted octanol–water partition coefficient (Wildman–Crippen LogP) is 5.50. The van der Waals surface area contributed by atoms with Crippen molar-refractivity contribution in [2.75, 3.05) is 0 Å². The van der Waals surface area contributed by atoms with Crippen LogP contribution in [0.3, 0.4) is 0 Å². The summed E-state index contributed by atoms with van der Waals surface area (Å²) in [6.07, 6.45) is 0.841. The first-order valence-electron chi connectivity index (χ1n) is 6.05. The lowest BCUT2D eigenvalue weighted by molar-refractivity contribution is 0.305. The van der Waals surface area contributed by atoms with E-state index in [1.165, 1.54) is 10.4 Å². The molecule has 1 aromatic heterocycles. The van der Waals surface area contributed by atoms with Crippen LogP contribution in [0.5, 0.6) is 5.75 Å². The topological polar surface area (TPSA) is 35.2 Å². The van der Waals surface area contributed by atoms with E-state index in [1.807, 2.05) is 18.4 Å². The molecule has 6 heteroatoms. The van der Waals surface area contributed by atoms with Crippen molar-refractivity contribution in [3.63, 3.8) is 0 Å². The Labute approximate surface area is 148 Å². The molecule has 0 radical (unpaired) electrons. The number of rotatable bonds is 5. The molecule has 0 aliphatic carbocycles. The Balaban J connectivity index is 2.14. The first kappa shape index (κ1) is 16.5. The molecule has 1 aromatic carbocycles. The van der Waals surface area contributed by atoms with Gasteiger partial charge in [0.1, 0.15) is 12.4 Å². The van der Waals surface area contributed by atoms with Crippen molar-refractivity contribution in [2.24, 2.45) is 5.73 Å². The van der Waals surface area contributed by atoms with Gasteiger partial charge >= 0.3 is 0 Å². The molecule has 0 spiro atoms. The number of hydrogen-bond donors (Lipinski definition) is 1. The highest BCUT2D eigenvalue weighted by molar-refractivity contribution is 9.11. The zero-order valence-corrected chi connectivity index (χ0v) is 16.4. The lowest BCUT2D eigenvalue weighted by Crippen LogP contribution is -2.17. The van der Waals surface area contributed by atoms with Gasteiger partial charge in [-0.15, -0.1) is 11.3 Å². The number of hydrogen-bond acceptors (Lipinski definition) is 3. The third-order valence-corrected chi connectivity index (χ3v) is 5.73. The Hall–Kier alpha value is 0.120. The fourth-order valence-corrected chi connectivity index (χ4v) is 4.69. The second-order valence-corrected chi connectivity index (χ2v) is 8.11. The number of thiophene rings is 1. The Morgan fingerprint density at radius 2 is 1.85 bits per heavy atom. The highest BCUT2D eigenvalue weighted by Gasteiger charge is 2.11. The second kappa shape index (κ2) is 7.40. The van der Waals surface area contributed by atoms with Gasteiger partial charge in [-0.2, -0.15) is 0 Å². The van der Waals surface area contributed by atoms with Crippen LogP contribution < -0.4 is 10.5 Å². The molecule has 2 nitrogen and oxygen atoms in total. The molecule has 0 fully saturated rings. The SMILES string of the molecule is CC(N)Cc1cc(Br)c(OCc2sccc2Br)c(Br)c1. The van der Waals surface area contributed by atoms with Crippen LogP contribution in [0.25, 0.3) is 0 Å². The van der Waals surface area contributed by atoms with Gasteiger partial charge < -0.3 is 10.5 Å². The van der Waals surface area contributed by atoms with E-state index in [-0.39, 0.29) is 6.04 Å². The van der Waals surface area contributed by atoms with Crippen molar-refractivity contribution in [3.05, 3.63) is 47.4 Å². The summed E-state index contributed by atoms with van der Waals surface area (Å²) in [7, 11) is 0. The fraction of sp³-hybridized carbons (Fsp3) is 0.286. The van der Waals surface area contributed by atoms with E-state index in [0.29, 0.717) is 6.61 Å². The summed E-state index contributed by atoms with van der Waals surface area (Å²) in [4.78, 5) is 1.17. The van der Waals surface area contributed by atoms with Gasteiger partial charge in [0.05, 0.1) is 13.8 Å². The quantitative estimate of drug-likeness (QED) is 0.609. The Bertz CT molecular complexity index is 575. The van der Waals surface area contributed by atoms with Crippen molar-refractivity contribution >= 4 is 59.1 Å². The average molecular weight is 484 g/mol. The molecule has 2 N–H and O–H groups in total. The number of benzene rings is 1. The number of halogens is 3. The molecule has 0 bridgehead atoms. The molecule has 0 amide bonds. The van der Waals surface area contributed by atoms with Crippen LogP contribution in [0.1, 0.15) is 17.4 Å². The van der Waals surface area contributed by atoms with E-state index in [1.54, 1.807) is 11.3 Å². The lowest BCUT2D eigenvalue weighted by Gasteiger charge is -2.13.